The third-order valence-electron chi connectivity index (χ3n) is 5.37. The van der Waals surface area contributed by atoms with Gasteiger partial charge in [-0.1, -0.05) is 59.8 Å². The van der Waals surface area contributed by atoms with Crippen molar-refractivity contribution in [1.82, 2.24) is 0 Å². The fourth-order valence-corrected chi connectivity index (χ4v) is 4.18. The van der Waals surface area contributed by atoms with Crippen LogP contribution in [0.4, 0.5) is 0 Å². The van der Waals surface area contributed by atoms with Crippen LogP contribution in [0.2, 0.25) is 0 Å². The van der Waals surface area contributed by atoms with E-state index >= 15 is 0 Å². The summed E-state index contributed by atoms with van der Waals surface area (Å²) in [5.41, 5.74) is 6.63. The van der Waals surface area contributed by atoms with E-state index in [2.05, 4.69) is 27.7 Å². The molecule has 2 unspecified atom stereocenters. The second-order valence-electron chi connectivity index (χ2n) is 5.99. The van der Waals surface area contributed by atoms with Crippen molar-refractivity contribution in [2.24, 2.45) is 29.4 Å². The molecule has 1 rings (SSSR count). The van der Waals surface area contributed by atoms with Crippen LogP contribution in [0.1, 0.15) is 72.6 Å². The first-order valence-corrected chi connectivity index (χ1v) is 7.94. The Morgan fingerprint density at radius 1 is 0.824 bits per heavy atom. The first-order chi connectivity index (χ1) is 8.19. The zero-order valence-electron chi connectivity index (χ0n) is 12.4. The first kappa shape index (κ1) is 15.0. The predicted molar refractivity (Wildman–Crippen MR) is 77.0 cm³/mol. The first-order valence-electron chi connectivity index (χ1n) is 7.94. The molecule has 0 aliphatic heterocycles. The highest BCUT2D eigenvalue weighted by molar-refractivity contribution is 4.90. The SMILES string of the molecule is CCC(CC)C1CCCC(C(CC)CC)C1N. The van der Waals surface area contributed by atoms with Gasteiger partial charge in [-0.05, 0) is 36.5 Å². The lowest BCUT2D eigenvalue weighted by Crippen LogP contribution is -2.46. The monoisotopic (exact) mass is 239 g/mol. The largest absolute Gasteiger partial charge is 0.327 e. The molecule has 1 aliphatic carbocycles. The Morgan fingerprint density at radius 2 is 1.18 bits per heavy atom. The molecule has 0 saturated heterocycles. The van der Waals surface area contributed by atoms with Crippen LogP contribution in [0, 0.1) is 23.7 Å². The summed E-state index contributed by atoms with van der Waals surface area (Å²) in [5.74, 6) is 3.32. The van der Waals surface area contributed by atoms with E-state index in [1.54, 1.807) is 0 Å². The van der Waals surface area contributed by atoms with Gasteiger partial charge in [-0.2, -0.15) is 0 Å². The predicted octanol–water partition coefficient (Wildman–Crippen LogP) is 4.60. The van der Waals surface area contributed by atoms with Crippen molar-refractivity contribution >= 4 is 0 Å². The van der Waals surface area contributed by atoms with Crippen LogP contribution < -0.4 is 5.73 Å². The van der Waals surface area contributed by atoms with E-state index in [9.17, 15) is 0 Å². The fourth-order valence-electron chi connectivity index (χ4n) is 4.18. The lowest BCUT2D eigenvalue weighted by Gasteiger charge is -2.43. The molecule has 0 spiro atoms. The number of hydrogen-bond donors (Lipinski definition) is 1. The summed E-state index contributed by atoms with van der Waals surface area (Å²) in [5, 5.41) is 0. The molecule has 0 bridgehead atoms. The van der Waals surface area contributed by atoms with Crippen molar-refractivity contribution < 1.29 is 0 Å². The molecule has 2 atom stereocenters. The Morgan fingerprint density at radius 3 is 1.47 bits per heavy atom. The maximum Gasteiger partial charge on any atom is 0.0101 e. The average Bonchev–Trinajstić information content (AvgIpc) is 2.36. The molecule has 1 fully saturated rings. The number of rotatable bonds is 6. The highest BCUT2D eigenvalue weighted by atomic mass is 14.7. The van der Waals surface area contributed by atoms with Crippen molar-refractivity contribution in [3.05, 3.63) is 0 Å². The van der Waals surface area contributed by atoms with Crippen LogP contribution in [0.5, 0.6) is 0 Å². The molecule has 2 N–H and O–H groups in total. The molecule has 0 radical (unpaired) electrons. The van der Waals surface area contributed by atoms with Crippen molar-refractivity contribution in [3.63, 3.8) is 0 Å². The minimum absolute atomic E-state index is 0.471. The van der Waals surface area contributed by atoms with E-state index in [1.807, 2.05) is 0 Å². The van der Waals surface area contributed by atoms with E-state index < -0.39 is 0 Å². The van der Waals surface area contributed by atoms with Crippen molar-refractivity contribution in [1.29, 1.82) is 0 Å². The fraction of sp³-hybridized carbons (Fsp3) is 1.00. The number of nitrogens with two attached hydrogens (primary N) is 1. The van der Waals surface area contributed by atoms with E-state index in [-0.39, 0.29) is 0 Å². The molecule has 102 valence electrons. The Hall–Kier alpha value is -0.0400. The van der Waals surface area contributed by atoms with E-state index in [4.69, 9.17) is 5.73 Å². The summed E-state index contributed by atoms with van der Waals surface area (Å²) in [6, 6.07) is 0.471. The van der Waals surface area contributed by atoms with Crippen LogP contribution >= 0.6 is 0 Å². The van der Waals surface area contributed by atoms with Gasteiger partial charge in [-0.3, -0.25) is 0 Å². The quantitative estimate of drug-likeness (QED) is 0.720. The third-order valence-corrected chi connectivity index (χ3v) is 5.37. The standard InChI is InChI=1S/C16H33N/c1-5-12(6-2)14-10-9-11-15(16(14)17)13(7-3)8-4/h12-16H,5-11,17H2,1-4H3. The van der Waals surface area contributed by atoms with Gasteiger partial charge in [-0.15, -0.1) is 0 Å². The van der Waals surface area contributed by atoms with Crippen molar-refractivity contribution in [3.8, 4) is 0 Å². The lowest BCUT2D eigenvalue weighted by molar-refractivity contribution is 0.108. The van der Waals surface area contributed by atoms with Gasteiger partial charge in [0.05, 0.1) is 0 Å². The lowest BCUT2D eigenvalue weighted by atomic mass is 9.65. The highest BCUT2D eigenvalue weighted by Crippen LogP contribution is 2.40. The zero-order valence-corrected chi connectivity index (χ0v) is 12.4. The molecule has 17 heavy (non-hydrogen) atoms. The van der Waals surface area contributed by atoms with Gasteiger partial charge >= 0.3 is 0 Å². The molecule has 1 aliphatic rings. The number of hydrogen-bond acceptors (Lipinski definition) is 1. The normalized spacial score (nSPS) is 30.2. The smallest absolute Gasteiger partial charge is 0.0101 e. The Labute approximate surface area is 109 Å². The zero-order chi connectivity index (χ0) is 12.8. The summed E-state index contributed by atoms with van der Waals surface area (Å²) in [6.45, 7) is 9.34. The molecular weight excluding hydrogens is 206 g/mol. The molecular formula is C16H33N. The van der Waals surface area contributed by atoms with E-state index in [1.165, 1.54) is 44.9 Å². The van der Waals surface area contributed by atoms with Gasteiger partial charge in [0.15, 0.2) is 0 Å². The van der Waals surface area contributed by atoms with Gasteiger partial charge in [0.2, 0.25) is 0 Å². The van der Waals surface area contributed by atoms with Crippen LogP contribution in [0.15, 0.2) is 0 Å². The summed E-state index contributed by atoms with van der Waals surface area (Å²) in [7, 11) is 0. The topological polar surface area (TPSA) is 26.0 Å². The molecule has 1 nitrogen and oxygen atoms in total. The second kappa shape index (κ2) is 7.41. The molecule has 1 heteroatoms. The van der Waals surface area contributed by atoms with Crippen LogP contribution in [0.25, 0.3) is 0 Å². The van der Waals surface area contributed by atoms with Crippen LogP contribution in [0.3, 0.4) is 0 Å². The summed E-state index contributed by atoms with van der Waals surface area (Å²) in [6.07, 6.45) is 9.41. The Kier molecular flexibility index (Phi) is 6.54. The summed E-state index contributed by atoms with van der Waals surface area (Å²) < 4.78 is 0. The second-order valence-corrected chi connectivity index (χ2v) is 5.99. The van der Waals surface area contributed by atoms with Crippen molar-refractivity contribution in [2.45, 2.75) is 78.7 Å². The Balaban J connectivity index is 2.70. The van der Waals surface area contributed by atoms with Gasteiger partial charge < -0.3 is 5.73 Å². The average molecular weight is 239 g/mol. The maximum atomic E-state index is 6.63. The molecule has 0 amide bonds. The van der Waals surface area contributed by atoms with Gasteiger partial charge in [-0.25, -0.2) is 0 Å². The minimum atomic E-state index is 0.471. The molecule has 0 heterocycles. The van der Waals surface area contributed by atoms with Gasteiger partial charge in [0.25, 0.3) is 0 Å². The minimum Gasteiger partial charge on any atom is -0.327 e. The van der Waals surface area contributed by atoms with E-state index in [0.29, 0.717) is 6.04 Å². The van der Waals surface area contributed by atoms with Crippen LogP contribution in [-0.4, -0.2) is 6.04 Å². The molecule has 0 aromatic rings. The molecule has 0 aromatic heterocycles. The Bertz CT molecular complexity index is 174. The van der Waals surface area contributed by atoms with Gasteiger partial charge in [0.1, 0.15) is 0 Å². The summed E-state index contributed by atoms with van der Waals surface area (Å²) in [4.78, 5) is 0. The van der Waals surface area contributed by atoms with Crippen molar-refractivity contribution in [2.75, 3.05) is 0 Å². The van der Waals surface area contributed by atoms with Gasteiger partial charge in [0, 0.05) is 6.04 Å². The maximum absolute atomic E-state index is 6.63. The molecule has 1 saturated carbocycles. The third kappa shape index (κ3) is 3.47. The van der Waals surface area contributed by atoms with Crippen LogP contribution in [-0.2, 0) is 0 Å². The highest BCUT2D eigenvalue weighted by Gasteiger charge is 2.36. The van der Waals surface area contributed by atoms with E-state index in [0.717, 1.165) is 23.7 Å². The molecule has 0 aromatic carbocycles. The summed E-state index contributed by atoms with van der Waals surface area (Å²) >= 11 is 0.